The van der Waals surface area contributed by atoms with Gasteiger partial charge in [-0.25, -0.2) is 14.5 Å². The number of hydrogen-bond acceptors (Lipinski definition) is 6. The van der Waals surface area contributed by atoms with Gasteiger partial charge in [0.15, 0.2) is 6.10 Å². The summed E-state index contributed by atoms with van der Waals surface area (Å²) in [7, 11) is 0. The molecular formula is C33H27ClF2N4O3S. The van der Waals surface area contributed by atoms with Crippen molar-refractivity contribution in [1.29, 1.82) is 0 Å². The number of fused-ring (bicyclic) bond motifs is 2. The molecule has 1 atom stereocenters. The normalized spacial score (nSPS) is 12.8. The zero-order valence-corrected chi connectivity index (χ0v) is 25.8. The van der Waals surface area contributed by atoms with Crippen LogP contribution in [0.5, 0.6) is 0 Å². The summed E-state index contributed by atoms with van der Waals surface area (Å²) in [5, 5.41) is 16.1. The molecule has 0 saturated carbocycles. The third kappa shape index (κ3) is 5.80. The number of thiazole rings is 1. The first-order chi connectivity index (χ1) is 20.9. The minimum absolute atomic E-state index is 0.465. The summed E-state index contributed by atoms with van der Waals surface area (Å²) in [6.07, 6.45) is 1.78. The second kappa shape index (κ2) is 11.4. The highest BCUT2D eigenvalue weighted by atomic mass is 35.5. The van der Waals surface area contributed by atoms with Crippen LogP contribution in [-0.2, 0) is 9.53 Å². The number of alkyl halides is 2. The van der Waals surface area contributed by atoms with Crippen molar-refractivity contribution in [2.24, 2.45) is 0 Å². The Morgan fingerprint density at radius 2 is 1.73 bits per heavy atom. The molecule has 44 heavy (non-hydrogen) atoms. The van der Waals surface area contributed by atoms with Crippen LogP contribution in [0.3, 0.4) is 0 Å². The van der Waals surface area contributed by atoms with Gasteiger partial charge in [-0.3, -0.25) is 4.98 Å². The molecule has 6 rings (SSSR count). The molecule has 11 heteroatoms. The van der Waals surface area contributed by atoms with E-state index in [0.29, 0.717) is 36.9 Å². The summed E-state index contributed by atoms with van der Waals surface area (Å²) in [6, 6.07) is 18.2. The third-order valence-corrected chi connectivity index (χ3v) is 8.43. The van der Waals surface area contributed by atoms with Crippen LogP contribution in [0.15, 0.2) is 73.1 Å². The minimum atomic E-state index is -2.72. The largest absolute Gasteiger partial charge is 0.479 e. The maximum absolute atomic E-state index is 13.2. The monoisotopic (exact) mass is 632 g/mol. The highest BCUT2D eigenvalue weighted by Gasteiger charge is 2.32. The summed E-state index contributed by atoms with van der Waals surface area (Å²) < 4.78 is 33.9. The molecule has 3 aromatic carbocycles. The van der Waals surface area contributed by atoms with Crippen LogP contribution < -0.4 is 0 Å². The number of hydrogen-bond donors (Lipinski definition) is 1. The highest BCUT2D eigenvalue weighted by molar-refractivity contribution is 7.22. The summed E-state index contributed by atoms with van der Waals surface area (Å²) in [5.74, 6) is -1.09. The van der Waals surface area contributed by atoms with Crippen LogP contribution in [0.1, 0.15) is 44.6 Å². The van der Waals surface area contributed by atoms with Gasteiger partial charge < -0.3 is 9.84 Å². The molecule has 0 aliphatic rings. The predicted molar refractivity (Wildman–Crippen MR) is 169 cm³/mol. The Balaban J connectivity index is 1.50. The SMILES string of the molecule is Cc1cc2nc(-c3ccnc(-c4ccc5nn(C(F)F)cc5c4)c3)sc2c(-c2ccc(Cl)cc2)c1C(OC(C)(C)C)C(=O)O. The van der Waals surface area contributed by atoms with E-state index in [1.54, 1.807) is 36.5 Å². The van der Waals surface area contributed by atoms with E-state index in [1.807, 2.05) is 58.0 Å². The minimum Gasteiger partial charge on any atom is -0.479 e. The lowest BCUT2D eigenvalue weighted by Crippen LogP contribution is -2.28. The van der Waals surface area contributed by atoms with Gasteiger partial charge >= 0.3 is 12.5 Å². The molecule has 3 heterocycles. The number of aromatic nitrogens is 4. The lowest BCUT2D eigenvalue weighted by atomic mass is 9.91. The first kappa shape index (κ1) is 29.8. The summed E-state index contributed by atoms with van der Waals surface area (Å²) >= 11 is 7.65. The average Bonchev–Trinajstić information content (AvgIpc) is 3.60. The molecular weight excluding hydrogens is 606 g/mol. The van der Waals surface area contributed by atoms with E-state index in [4.69, 9.17) is 21.3 Å². The van der Waals surface area contributed by atoms with Crippen molar-refractivity contribution < 1.29 is 23.4 Å². The van der Waals surface area contributed by atoms with Crippen molar-refractivity contribution in [1.82, 2.24) is 19.7 Å². The Hall–Kier alpha value is -4.25. The van der Waals surface area contributed by atoms with Crippen LogP contribution in [0.25, 0.3) is 54.1 Å². The maximum Gasteiger partial charge on any atom is 0.337 e. The van der Waals surface area contributed by atoms with E-state index >= 15 is 0 Å². The average molecular weight is 633 g/mol. The summed E-state index contributed by atoms with van der Waals surface area (Å²) in [6.45, 7) is 4.62. The number of carbonyl (C=O) groups is 1. The van der Waals surface area contributed by atoms with Crippen molar-refractivity contribution in [3.63, 3.8) is 0 Å². The Kier molecular flexibility index (Phi) is 7.69. The molecule has 1 N–H and O–H groups in total. The third-order valence-electron chi connectivity index (χ3n) is 7.04. The first-order valence-electron chi connectivity index (χ1n) is 13.7. The Morgan fingerprint density at radius 1 is 1.00 bits per heavy atom. The van der Waals surface area contributed by atoms with Gasteiger partial charge in [-0.2, -0.15) is 13.9 Å². The fourth-order valence-electron chi connectivity index (χ4n) is 5.19. The lowest BCUT2D eigenvalue weighted by molar-refractivity contribution is -0.160. The van der Waals surface area contributed by atoms with Crippen LogP contribution in [0.2, 0.25) is 5.02 Å². The van der Waals surface area contributed by atoms with Gasteiger partial charge in [0.2, 0.25) is 0 Å². The second-order valence-corrected chi connectivity index (χ2v) is 12.8. The number of benzene rings is 3. The van der Waals surface area contributed by atoms with Gasteiger partial charge in [0.1, 0.15) is 5.01 Å². The quantitative estimate of drug-likeness (QED) is 0.189. The Morgan fingerprint density at radius 3 is 2.41 bits per heavy atom. The van der Waals surface area contributed by atoms with Crippen LogP contribution >= 0.6 is 22.9 Å². The molecule has 0 radical (unpaired) electrons. The van der Waals surface area contributed by atoms with Crippen molar-refractivity contribution >= 4 is 50.0 Å². The second-order valence-electron chi connectivity index (χ2n) is 11.4. The van der Waals surface area contributed by atoms with Gasteiger partial charge in [0.05, 0.1) is 27.0 Å². The van der Waals surface area contributed by atoms with Crippen LogP contribution in [-0.4, -0.2) is 36.4 Å². The molecule has 0 aliphatic carbocycles. The van der Waals surface area contributed by atoms with Crippen molar-refractivity contribution in [2.45, 2.75) is 45.9 Å². The number of aliphatic carboxylic acids is 1. The zero-order chi connectivity index (χ0) is 31.3. The molecule has 0 bridgehead atoms. The molecule has 0 spiro atoms. The summed E-state index contributed by atoms with van der Waals surface area (Å²) in [5.41, 5.74) is 5.50. The topological polar surface area (TPSA) is 90.1 Å². The molecule has 6 aromatic rings. The number of ether oxygens (including phenoxy) is 1. The van der Waals surface area contributed by atoms with Gasteiger partial charge in [-0.1, -0.05) is 29.8 Å². The maximum atomic E-state index is 13.2. The number of carboxylic acids is 1. The van der Waals surface area contributed by atoms with E-state index < -0.39 is 24.2 Å². The molecule has 224 valence electrons. The van der Waals surface area contributed by atoms with Gasteiger partial charge in [0, 0.05) is 45.1 Å². The molecule has 0 saturated heterocycles. The number of carboxylic acid groups (broad SMARTS) is 1. The predicted octanol–water partition coefficient (Wildman–Crippen LogP) is 9.34. The summed E-state index contributed by atoms with van der Waals surface area (Å²) in [4.78, 5) is 22.1. The van der Waals surface area contributed by atoms with Gasteiger partial charge in [0.25, 0.3) is 0 Å². The first-order valence-corrected chi connectivity index (χ1v) is 14.9. The Bertz CT molecular complexity index is 2030. The lowest BCUT2D eigenvalue weighted by Gasteiger charge is -2.28. The smallest absolute Gasteiger partial charge is 0.337 e. The fraction of sp³-hybridized carbons (Fsp3) is 0.212. The van der Waals surface area contributed by atoms with Crippen LogP contribution in [0.4, 0.5) is 8.78 Å². The molecule has 0 amide bonds. The van der Waals surface area contributed by atoms with Crippen LogP contribution in [0, 0.1) is 6.92 Å². The van der Waals surface area contributed by atoms with Crippen molar-refractivity contribution in [3.05, 3.63) is 89.2 Å². The number of aryl methyl sites for hydroxylation is 1. The molecule has 0 aliphatic heterocycles. The van der Waals surface area contributed by atoms with Crippen molar-refractivity contribution in [3.8, 4) is 33.0 Å². The van der Waals surface area contributed by atoms with E-state index in [9.17, 15) is 18.7 Å². The van der Waals surface area contributed by atoms with E-state index in [-0.39, 0.29) is 0 Å². The number of rotatable bonds is 7. The van der Waals surface area contributed by atoms with Gasteiger partial charge in [-0.15, -0.1) is 11.3 Å². The van der Waals surface area contributed by atoms with E-state index in [0.717, 1.165) is 38.0 Å². The molecule has 7 nitrogen and oxygen atoms in total. The molecule has 1 unspecified atom stereocenters. The standard InChI is InChI=1S/C33H27ClF2N4O3S/c1-17-13-25-29(27(18-5-8-22(34)9-6-18)26(17)28(31(41)42)43-33(2,3)4)44-30(38-25)20-11-12-37-24(15-20)19-7-10-23-21(14-19)16-40(39-23)32(35)36/h5-16,28,32H,1-4H3,(H,41,42). The number of pyridine rings is 1. The Labute approximate surface area is 260 Å². The fourth-order valence-corrected chi connectivity index (χ4v) is 6.43. The van der Waals surface area contributed by atoms with Crippen molar-refractivity contribution in [2.75, 3.05) is 0 Å². The molecule has 0 fully saturated rings. The van der Waals surface area contributed by atoms with E-state index in [2.05, 4.69) is 10.1 Å². The zero-order valence-electron chi connectivity index (χ0n) is 24.2. The van der Waals surface area contributed by atoms with E-state index in [1.165, 1.54) is 17.5 Å². The number of nitrogens with zero attached hydrogens (tertiary/aromatic N) is 4. The van der Waals surface area contributed by atoms with Gasteiger partial charge in [-0.05, 0) is 81.3 Å². The molecule has 3 aromatic heterocycles. The highest BCUT2D eigenvalue weighted by Crippen LogP contribution is 2.44. The number of halogens is 3.